The lowest BCUT2D eigenvalue weighted by Gasteiger charge is -2.03. The quantitative estimate of drug-likeness (QED) is 0.542. The van der Waals surface area contributed by atoms with Crippen LogP contribution in [0.4, 0.5) is 0 Å². The summed E-state index contributed by atoms with van der Waals surface area (Å²) < 4.78 is 0.988. The maximum atomic E-state index is 2.59. The fourth-order valence-corrected chi connectivity index (χ4v) is 3.53. The topological polar surface area (TPSA) is 0 Å². The molecule has 0 aromatic rings. The molecule has 3 aliphatic rings. The fraction of sp³-hybridized carbons (Fsp3) is 0.538. The van der Waals surface area contributed by atoms with E-state index in [0.717, 1.165) is 9.84 Å². The Morgan fingerprint density at radius 1 is 1.36 bits per heavy atom. The van der Waals surface area contributed by atoms with E-state index in [9.17, 15) is 0 Å². The zero-order chi connectivity index (χ0) is 9.54. The summed E-state index contributed by atoms with van der Waals surface area (Å²) in [7, 11) is 0. The van der Waals surface area contributed by atoms with Gasteiger partial charge >= 0.3 is 0 Å². The van der Waals surface area contributed by atoms with Gasteiger partial charge in [-0.2, -0.15) is 0 Å². The van der Waals surface area contributed by atoms with Crippen LogP contribution in [0.1, 0.15) is 32.1 Å². The molecule has 1 heteroatoms. The second-order valence-corrected chi connectivity index (χ2v) is 6.21. The fourth-order valence-electron chi connectivity index (χ4n) is 2.52. The van der Waals surface area contributed by atoms with Crippen molar-refractivity contribution in [1.29, 1.82) is 0 Å². The predicted molar refractivity (Wildman–Crippen MR) is 68.6 cm³/mol. The van der Waals surface area contributed by atoms with Crippen molar-refractivity contribution in [3.63, 3.8) is 0 Å². The molecule has 0 radical (unpaired) electrons. The lowest BCUT2D eigenvalue weighted by molar-refractivity contribution is 0.733. The minimum absolute atomic E-state index is 0.988. The van der Waals surface area contributed by atoms with E-state index >= 15 is 0 Å². The Morgan fingerprint density at radius 3 is 3.00 bits per heavy atom. The van der Waals surface area contributed by atoms with Crippen LogP contribution in [0.25, 0.3) is 0 Å². The van der Waals surface area contributed by atoms with Gasteiger partial charge in [0.15, 0.2) is 0 Å². The highest BCUT2D eigenvalue weighted by Gasteiger charge is 2.34. The minimum Gasteiger partial charge on any atom is -0.0823 e. The molecule has 14 heavy (non-hydrogen) atoms. The van der Waals surface area contributed by atoms with Gasteiger partial charge < -0.3 is 0 Å². The predicted octanol–water partition coefficient (Wildman–Crippen LogP) is 4.18. The average Bonchev–Trinajstić information content (AvgIpc) is 2.65. The third kappa shape index (κ3) is 1.60. The first-order valence-corrected chi connectivity index (χ1v) is 6.81. The average molecular weight is 298 g/mol. The zero-order valence-electron chi connectivity index (χ0n) is 8.30. The Balaban J connectivity index is 1.61. The molecule has 0 aromatic heterocycles. The summed E-state index contributed by atoms with van der Waals surface area (Å²) in [5.41, 5.74) is 4.90. The summed E-state index contributed by atoms with van der Waals surface area (Å²) >= 11 is 2.59. The Bertz CT molecular complexity index is 346. The van der Waals surface area contributed by atoms with Crippen molar-refractivity contribution >= 4 is 22.6 Å². The van der Waals surface area contributed by atoms with Gasteiger partial charge in [0.1, 0.15) is 0 Å². The van der Waals surface area contributed by atoms with Crippen molar-refractivity contribution in [3.8, 4) is 0 Å². The molecule has 0 unspecified atom stereocenters. The van der Waals surface area contributed by atoms with E-state index in [0.29, 0.717) is 0 Å². The highest BCUT2D eigenvalue weighted by atomic mass is 127. The highest BCUT2D eigenvalue weighted by molar-refractivity contribution is 14.1. The van der Waals surface area contributed by atoms with Crippen LogP contribution in [-0.4, -0.2) is 3.92 Å². The van der Waals surface area contributed by atoms with E-state index in [1.807, 2.05) is 0 Å². The molecule has 0 spiro atoms. The van der Waals surface area contributed by atoms with Crippen LogP contribution in [0.15, 0.2) is 34.9 Å². The number of allylic oxidation sites excluding steroid dienone is 6. The van der Waals surface area contributed by atoms with Gasteiger partial charge in [-0.25, -0.2) is 0 Å². The van der Waals surface area contributed by atoms with E-state index < -0.39 is 0 Å². The minimum atomic E-state index is 0.988. The Kier molecular flexibility index (Phi) is 2.31. The third-order valence-electron chi connectivity index (χ3n) is 3.59. The molecule has 3 aliphatic carbocycles. The number of hydrogen-bond donors (Lipinski definition) is 0. The second kappa shape index (κ2) is 3.51. The summed E-state index contributed by atoms with van der Waals surface area (Å²) in [4.78, 5) is 0. The molecule has 0 aliphatic heterocycles. The highest BCUT2D eigenvalue weighted by Crippen LogP contribution is 2.44. The number of hydrogen-bond acceptors (Lipinski definition) is 0. The second-order valence-electron chi connectivity index (χ2n) is 4.61. The summed E-state index contributed by atoms with van der Waals surface area (Å²) in [5, 5.41) is 0. The Morgan fingerprint density at radius 2 is 2.21 bits per heavy atom. The van der Waals surface area contributed by atoms with Crippen molar-refractivity contribution in [2.45, 2.75) is 36.0 Å². The standard InChI is InChI=1S/C13H15I/c14-13-8-11(13)7-6-10-5-4-9-2-1-3-12(9)10/h1,3,5,11,13H,2,4,6-8H2/t11-,13+/m0/s1. The first-order chi connectivity index (χ1) is 6.84. The van der Waals surface area contributed by atoms with Crippen LogP contribution in [0.5, 0.6) is 0 Å². The maximum Gasteiger partial charge on any atom is 0.0141 e. The normalized spacial score (nSPS) is 33.6. The monoisotopic (exact) mass is 298 g/mol. The molecule has 0 nitrogen and oxygen atoms in total. The van der Waals surface area contributed by atoms with E-state index in [1.165, 1.54) is 32.1 Å². The van der Waals surface area contributed by atoms with Crippen molar-refractivity contribution in [3.05, 3.63) is 34.9 Å². The number of rotatable bonds is 3. The van der Waals surface area contributed by atoms with Crippen LogP contribution < -0.4 is 0 Å². The van der Waals surface area contributed by atoms with Gasteiger partial charge in [-0.3, -0.25) is 0 Å². The molecule has 0 saturated heterocycles. The molecule has 1 saturated carbocycles. The van der Waals surface area contributed by atoms with Crippen molar-refractivity contribution in [1.82, 2.24) is 0 Å². The summed E-state index contributed by atoms with van der Waals surface area (Å²) in [6, 6.07) is 0. The van der Waals surface area contributed by atoms with Crippen molar-refractivity contribution in [2.75, 3.05) is 0 Å². The van der Waals surface area contributed by atoms with Crippen LogP contribution in [0.2, 0.25) is 0 Å². The molecular weight excluding hydrogens is 283 g/mol. The van der Waals surface area contributed by atoms with E-state index in [-0.39, 0.29) is 0 Å². The number of alkyl halides is 1. The molecule has 0 aromatic carbocycles. The molecule has 0 N–H and O–H groups in total. The third-order valence-corrected chi connectivity index (χ3v) is 5.12. The number of halogens is 1. The Labute approximate surface area is 99.3 Å². The van der Waals surface area contributed by atoms with Gasteiger partial charge in [-0.15, -0.1) is 0 Å². The van der Waals surface area contributed by atoms with Gasteiger partial charge in [0.2, 0.25) is 0 Å². The first kappa shape index (κ1) is 9.20. The summed E-state index contributed by atoms with van der Waals surface area (Å²) in [6.45, 7) is 0. The van der Waals surface area contributed by atoms with Crippen molar-refractivity contribution < 1.29 is 0 Å². The van der Waals surface area contributed by atoms with E-state index in [1.54, 1.807) is 16.7 Å². The molecule has 0 amide bonds. The first-order valence-electron chi connectivity index (χ1n) is 5.56. The molecule has 74 valence electrons. The lowest BCUT2D eigenvalue weighted by atomic mass is 10.0. The van der Waals surface area contributed by atoms with Gasteiger partial charge in [0.25, 0.3) is 0 Å². The summed E-state index contributed by atoms with van der Waals surface area (Å²) in [6.07, 6.45) is 13.8. The van der Waals surface area contributed by atoms with Gasteiger partial charge in [0, 0.05) is 3.92 Å². The molecule has 0 bridgehead atoms. The van der Waals surface area contributed by atoms with Crippen LogP contribution in [-0.2, 0) is 0 Å². The largest absolute Gasteiger partial charge is 0.0823 e. The van der Waals surface area contributed by atoms with Gasteiger partial charge in [-0.05, 0) is 49.2 Å². The van der Waals surface area contributed by atoms with Crippen LogP contribution >= 0.6 is 22.6 Å². The van der Waals surface area contributed by atoms with E-state index in [4.69, 9.17) is 0 Å². The molecule has 3 rings (SSSR count). The Hall–Kier alpha value is -0.0500. The summed E-state index contributed by atoms with van der Waals surface area (Å²) in [5.74, 6) is 1.03. The van der Waals surface area contributed by atoms with Gasteiger partial charge in [0.05, 0.1) is 0 Å². The molecule has 2 atom stereocenters. The zero-order valence-corrected chi connectivity index (χ0v) is 10.5. The van der Waals surface area contributed by atoms with E-state index in [2.05, 4.69) is 40.8 Å². The van der Waals surface area contributed by atoms with Crippen LogP contribution in [0, 0.1) is 5.92 Å². The maximum absolute atomic E-state index is 2.59. The SMILES string of the molecule is I[C@@H]1C[C@@H]1CCC1=CCC2=C1C=CC2. The molecular formula is C13H15I. The van der Waals surface area contributed by atoms with Crippen molar-refractivity contribution in [2.24, 2.45) is 5.92 Å². The smallest absolute Gasteiger partial charge is 0.0141 e. The molecule has 1 fully saturated rings. The van der Waals surface area contributed by atoms with Gasteiger partial charge in [-0.1, -0.05) is 46.4 Å². The molecule has 0 heterocycles. The van der Waals surface area contributed by atoms with Crippen LogP contribution in [0.3, 0.4) is 0 Å². The lowest BCUT2D eigenvalue weighted by Crippen LogP contribution is -1.87.